The predicted octanol–water partition coefficient (Wildman–Crippen LogP) is 4.82. The number of aromatic amines is 1. The van der Waals surface area contributed by atoms with Crippen LogP contribution in [0.15, 0.2) is 66.7 Å². The van der Waals surface area contributed by atoms with Gasteiger partial charge in [0, 0.05) is 17.0 Å². The third-order valence-corrected chi connectivity index (χ3v) is 4.71. The maximum absolute atomic E-state index is 12.7. The summed E-state index contributed by atoms with van der Waals surface area (Å²) >= 11 is 0. The summed E-state index contributed by atoms with van der Waals surface area (Å²) < 4.78 is 5.23. The van der Waals surface area contributed by atoms with Gasteiger partial charge >= 0.3 is 0 Å². The fourth-order valence-corrected chi connectivity index (χ4v) is 3.34. The van der Waals surface area contributed by atoms with Crippen molar-refractivity contribution in [2.24, 2.45) is 0 Å². The van der Waals surface area contributed by atoms with E-state index in [9.17, 15) is 4.79 Å². The molecule has 4 rings (SSSR count). The molecular formula is C22H20N2O2. The number of rotatable bonds is 4. The minimum absolute atomic E-state index is 0.102. The summed E-state index contributed by atoms with van der Waals surface area (Å²) in [5, 5.41) is 6.40. The summed E-state index contributed by atoms with van der Waals surface area (Å²) in [5.41, 5.74) is 2.53. The number of H-pyrrole nitrogens is 1. The van der Waals surface area contributed by atoms with Crippen molar-refractivity contribution in [1.29, 1.82) is 0 Å². The van der Waals surface area contributed by atoms with Gasteiger partial charge < -0.3 is 15.0 Å². The van der Waals surface area contributed by atoms with Gasteiger partial charge in [-0.25, -0.2) is 0 Å². The van der Waals surface area contributed by atoms with Crippen molar-refractivity contribution in [2.45, 2.75) is 13.0 Å². The first-order valence-electron chi connectivity index (χ1n) is 8.61. The highest BCUT2D eigenvalue weighted by Crippen LogP contribution is 2.25. The van der Waals surface area contributed by atoms with Crippen LogP contribution < -0.4 is 10.1 Å². The number of carbonyl (C=O) groups excluding carboxylic acids is 1. The number of aromatic nitrogens is 1. The Morgan fingerprint density at radius 2 is 1.81 bits per heavy atom. The molecule has 0 bridgehead atoms. The number of hydrogen-bond acceptors (Lipinski definition) is 2. The average Bonchev–Trinajstić information content (AvgIpc) is 3.10. The first-order chi connectivity index (χ1) is 12.7. The molecule has 4 nitrogen and oxygen atoms in total. The number of methoxy groups -OCH3 is 1. The Hall–Kier alpha value is -3.27. The lowest BCUT2D eigenvalue weighted by Gasteiger charge is -2.16. The zero-order valence-corrected chi connectivity index (χ0v) is 14.7. The number of benzene rings is 3. The molecule has 3 aromatic carbocycles. The van der Waals surface area contributed by atoms with Crippen LogP contribution in [-0.2, 0) is 0 Å². The molecule has 1 amide bonds. The number of hydrogen-bond donors (Lipinski definition) is 2. The van der Waals surface area contributed by atoms with E-state index in [1.165, 1.54) is 5.39 Å². The number of ether oxygens (including phenoxy) is 1. The molecule has 2 N–H and O–H groups in total. The highest BCUT2D eigenvalue weighted by molar-refractivity contribution is 5.98. The molecule has 0 aliphatic carbocycles. The van der Waals surface area contributed by atoms with Crippen molar-refractivity contribution in [3.8, 4) is 5.75 Å². The van der Waals surface area contributed by atoms with Crippen LogP contribution in [0.1, 0.15) is 29.0 Å². The predicted molar refractivity (Wildman–Crippen MR) is 105 cm³/mol. The molecule has 0 fully saturated rings. The van der Waals surface area contributed by atoms with Gasteiger partial charge in [0.1, 0.15) is 11.4 Å². The molecule has 26 heavy (non-hydrogen) atoms. The van der Waals surface area contributed by atoms with Crippen LogP contribution in [0.25, 0.3) is 21.7 Å². The highest BCUT2D eigenvalue weighted by Gasteiger charge is 2.15. The number of amides is 1. The molecule has 1 heterocycles. The maximum atomic E-state index is 12.7. The van der Waals surface area contributed by atoms with E-state index in [1.807, 2.05) is 49.4 Å². The van der Waals surface area contributed by atoms with E-state index in [2.05, 4.69) is 34.6 Å². The molecule has 1 unspecified atom stereocenters. The standard InChI is InChI=1S/C22H20N2O2/c1-14(18-9-5-7-15-6-3-4-8-19(15)18)23-22(25)21-12-16-10-11-17(26-2)13-20(16)24-21/h3-14,24H,1-2H3,(H,23,25). The quantitative estimate of drug-likeness (QED) is 0.557. The van der Waals surface area contributed by atoms with E-state index in [4.69, 9.17) is 4.74 Å². The molecule has 1 aromatic heterocycles. The van der Waals surface area contributed by atoms with Crippen LogP contribution in [0, 0.1) is 0 Å². The van der Waals surface area contributed by atoms with Crippen LogP contribution in [0.3, 0.4) is 0 Å². The minimum Gasteiger partial charge on any atom is -0.497 e. The molecule has 4 aromatic rings. The third-order valence-electron chi connectivity index (χ3n) is 4.71. The Bertz CT molecular complexity index is 1090. The topological polar surface area (TPSA) is 54.1 Å². The number of fused-ring (bicyclic) bond motifs is 2. The van der Waals surface area contributed by atoms with Crippen molar-refractivity contribution < 1.29 is 9.53 Å². The molecule has 4 heteroatoms. The van der Waals surface area contributed by atoms with E-state index < -0.39 is 0 Å². The zero-order valence-electron chi connectivity index (χ0n) is 14.7. The van der Waals surface area contributed by atoms with E-state index in [1.54, 1.807) is 7.11 Å². The van der Waals surface area contributed by atoms with Crippen LogP contribution >= 0.6 is 0 Å². The van der Waals surface area contributed by atoms with E-state index >= 15 is 0 Å². The van der Waals surface area contributed by atoms with Crippen LogP contribution in [0.4, 0.5) is 0 Å². The second kappa shape index (κ2) is 6.56. The lowest BCUT2D eigenvalue weighted by Crippen LogP contribution is -2.27. The van der Waals surface area contributed by atoms with Crippen LogP contribution in [0.5, 0.6) is 5.75 Å². The zero-order chi connectivity index (χ0) is 18.1. The fourth-order valence-electron chi connectivity index (χ4n) is 3.34. The van der Waals surface area contributed by atoms with Gasteiger partial charge in [-0.05, 0) is 41.5 Å². The van der Waals surface area contributed by atoms with Crippen molar-refractivity contribution in [3.05, 3.63) is 78.0 Å². The summed E-state index contributed by atoms with van der Waals surface area (Å²) in [6.45, 7) is 2.01. The number of nitrogens with one attached hydrogen (secondary N) is 2. The second-order valence-corrected chi connectivity index (χ2v) is 6.40. The van der Waals surface area contributed by atoms with Gasteiger partial charge in [0.05, 0.1) is 13.2 Å². The Morgan fingerprint density at radius 1 is 1.00 bits per heavy atom. The maximum Gasteiger partial charge on any atom is 0.268 e. The summed E-state index contributed by atoms with van der Waals surface area (Å²) in [5.74, 6) is 0.635. The Morgan fingerprint density at radius 3 is 2.65 bits per heavy atom. The normalized spacial score (nSPS) is 12.2. The smallest absolute Gasteiger partial charge is 0.268 e. The molecule has 0 aliphatic heterocycles. The average molecular weight is 344 g/mol. The third kappa shape index (κ3) is 2.90. The summed E-state index contributed by atoms with van der Waals surface area (Å²) in [6.07, 6.45) is 0. The van der Waals surface area contributed by atoms with E-state index in [-0.39, 0.29) is 11.9 Å². The first kappa shape index (κ1) is 16.2. The highest BCUT2D eigenvalue weighted by atomic mass is 16.5. The Balaban J connectivity index is 1.61. The van der Waals surface area contributed by atoms with Gasteiger partial charge in [-0.3, -0.25) is 4.79 Å². The van der Waals surface area contributed by atoms with Crippen molar-refractivity contribution in [1.82, 2.24) is 10.3 Å². The van der Waals surface area contributed by atoms with Crippen LogP contribution in [-0.4, -0.2) is 18.0 Å². The van der Waals surface area contributed by atoms with E-state index in [0.717, 1.165) is 27.6 Å². The largest absolute Gasteiger partial charge is 0.497 e. The SMILES string of the molecule is COc1ccc2cc(C(=O)NC(C)c3cccc4ccccc34)[nH]c2c1. The molecule has 0 spiro atoms. The first-order valence-corrected chi connectivity index (χ1v) is 8.61. The minimum atomic E-state index is -0.124. The molecule has 130 valence electrons. The van der Waals surface area contributed by atoms with Gasteiger partial charge in [-0.15, -0.1) is 0 Å². The molecule has 0 radical (unpaired) electrons. The fraction of sp³-hybridized carbons (Fsp3) is 0.136. The second-order valence-electron chi connectivity index (χ2n) is 6.40. The Labute approximate surface area is 151 Å². The van der Waals surface area contributed by atoms with Gasteiger partial charge in [0.25, 0.3) is 5.91 Å². The van der Waals surface area contributed by atoms with Gasteiger partial charge in [0.2, 0.25) is 0 Å². The monoisotopic (exact) mass is 344 g/mol. The molecule has 0 aliphatic rings. The van der Waals surface area contributed by atoms with Crippen molar-refractivity contribution >= 4 is 27.6 Å². The Kier molecular flexibility index (Phi) is 4.09. The van der Waals surface area contributed by atoms with Crippen LogP contribution in [0.2, 0.25) is 0 Å². The van der Waals surface area contributed by atoms with Crippen molar-refractivity contribution in [2.75, 3.05) is 7.11 Å². The summed E-state index contributed by atoms with van der Waals surface area (Å²) in [7, 11) is 1.63. The lowest BCUT2D eigenvalue weighted by molar-refractivity contribution is 0.0936. The summed E-state index contributed by atoms with van der Waals surface area (Å²) in [6, 6.07) is 21.8. The molecule has 0 saturated carbocycles. The van der Waals surface area contributed by atoms with Crippen molar-refractivity contribution in [3.63, 3.8) is 0 Å². The molecule has 1 atom stereocenters. The van der Waals surface area contributed by atoms with Gasteiger partial charge in [-0.1, -0.05) is 42.5 Å². The molecular weight excluding hydrogens is 324 g/mol. The van der Waals surface area contributed by atoms with Gasteiger partial charge in [0.15, 0.2) is 0 Å². The summed E-state index contributed by atoms with van der Waals surface area (Å²) in [4.78, 5) is 15.9. The van der Waals surface area contributed by atoms with Gasteiger partial charge in [-0.2, -0.15) is 0 Å². The number of carbonyl (C=O) groups is 1. The molecule has 0 saturated heterocycles. The van der Waals surface area contributed by atoms with E-state index in [0.29, 0.717) is 5.69 Å². The lowest BCUT2D eigenvalue weighted by atomic mass is 9.99.